The molecule has 0 unspecified atom stereocenters. The number of hydrogen-bond acceptors (Lipinski definition) is 5. The first kappa shape index (κ1) is 20.0. The van der Waals surface area contributed by atoms with E-state index in [0.29, 0.717) is 15.2 Å². The van der Waals surface area contributed by atoms with Gasteiger partial charge in [0.15, 0.2) is 0 Å². The lowest BCUT2D eigenvalue weighted by atomic mass is 10.1. The van der Waals surface area contributed by atoms with Crippen LogP contribution < -0.4 is 11.0 Å². The Kier molecular flexibility index (Phi) is 5.74. The Bertz CT molecular complexity index is 1310. The number of benzene rings is 2. The van der Waals surface area contributed by atoms with Gasteiger partial charge in [-0.3, -0.25) is 14.2 Å². The van der Waals surface area contributed by atoms with Gasteiger partial charge in [0.05, 0.1) is 17.9 Å². The van der Waals surface area contributed by atoms with Crippen LogP contribution in [0.5, 0.6) is 0 Å². The normalized spacial score (nSPS) is 11.3. The monoisotopic (exact) mass is 436 g/mol. The number of aryl methyl sites for hydroxylation is 1. The number of fused-ring (bicyclic) bond motifs is 1. The third-order valence-electron chi connectivity index (χ3n) is 4.49. The molecule has 2 heterocycles. The van der Waals surface area contributed by atoms with Crippen LogP contribution in [0.3, 0.4) is 0 Å². The second-order valence-electron chi connectivity index (χ2n) is 6.72. The Morgan fingerprint density at radius 2 is 2.07 bits per heavy atom. The van der Waals surface area contributed by atoms with Crippen LogP contribution in [0.2, 0.25) is 5.02 Å². The average Bonchev–Trinajstić information content (AvgIpc) is 3.16. The molecule has 1 amide bonds. The van der Waals surface area contributed by atoms with Gasteiger partial charge in [0.25, 0.3) is 11.5 Å². The van der Waals surface area contributed by atoms with E-state index in [-0.39, 0.29) is 12.1 Å². The molecular formula is C22H17ClN4O2S. The van der Waals surface area contributed by atoms with Crippen molar-refractivity contribution in [1.82, 2.24) is 15.0 Å². The standard InChI is InChI=1S/C22H17ClN4O2S/c1-14-5-7-16(8-6-14)18-12-30-21-20(18)22(29)27(13-24-21)11-19(28)26-25-10-15-3-2-4-17(23)9-15/h2-10,12-13H,11H2,1H3,(H,26,28). The van der Waals surface area contributed by atoms with E-state index >= 15 is 0 Å². The second-order valence-corrected chi connectivity index (χ2v) is 8.02. The highest BCUT2D eigenvalue weighted by Gasteiger charge is 2.14. The van der Waals surface area contributed by atoms with Crippen molar-refractivity contribution in [3.8, 4) is 11.1 Å². The first-order valence-corrected chi connectivity index (χ1v) is 10.4. The maximum atomic E-state index is 13.0. The summed E-state index contributed by atoms with van der Waals surface area (Å²) in [4.78, 5) is 30.3. The van der Waals surface area contributed by atoms with E-state index < -0.39 is 5.91 Å². The summed E-state index contributed by atoms with van der Waals surface area (Å²) < 4.78 is 1.29. The van der Waals surface area contributed by atoms with Crippen LogP contribution in [0.25, 0.3) is 21.3 Å². The topological polar surface area (TPSA) is 76.3 Å². The number of carbonyl (C=O) groups excluding carboxylic acids is 1. The predicted molar refractivity (Wildman–Crippen MR) is 121 cm³/mol. The summed E-state index contributed by atoms with van der Waals surface area (Å²) in [6.07, 6.45) is 2.88. The van der Waals surface area contributed by atoms with Gasteiger partial charge in [-0.1, -0.05) is 53.6 Å². The second kappa shape index (κ2) is 8.61. The van der Waals surface area contributed by atoms with Gasteiger partial charge in [-0.2, -0.15) is 5.10 Å². The van der Waals surface area contributed by atoms with E-state index in [1.54, 1.807) is 18.2 Å². The van der Waals surface area contributed by atoms with Gasteiger partial charge >= 0.3 is 0 Å². The quantitative estimate of drug-likeness (QED) is 0.375. The lowest BCUT2D eigenvalue weighted by Gasteiger charge is -2.05. The Balaban J connectivity index is 1.55. The molecule has 0 radical (unpaired) electrons. The van der Waals surface area contributed by atoms with Crippen molar-refractivity contribution in [3.63, 3.8) is 0 Å². The fourth-order valence-corrected chi connectivity index (χ4v) is 4.09. The molecule has 8 heteroatoms. The fourth-order valence-electron chi connectivity index (χ4n) is 2.98. The van der Waals surface area contributed by atoms with Gasteiger partial charge in [-0.25, -0.2) is 10.4 Å². The first-order valence-electron chi connectivity index (χ1n) is 9.12. The summed E-state index contributed by atoms with van der Waals surface area (Å²) >= 11 is 7.33. The van der Waals surface area contributed by atoms with Crippen LogP contribution in [0, 0.1) is 6.92 Å². The number of nitrogens with one attached hydrogen (secondary N) is 1. The highest BCUT2D eigenvalue weighted by molar-refractivity contribution is 7.17. The highest BCUT2D eigenvalue weighted by atomic mass is 35.5. The minimum Gasteiger partial charge on any atom is -0.289 e. The van der Waals surface area contributed by atoms with Crippen molar-refractivity contribution in [3.05, 3.63) is 86.7 Å². The molecular weight excluding hydrogens is 420 g/mol. The van der Waals surface area contributed by atoms with Crippen LogP contribution >= 0.6 is 22.9 Å². The molecule has 0 aliphatic carbocycles. The predicted octanol–water partition coefficient (Wildman–Crippen LogP) is 4.24. The molecule has 4 aromatic rings. The average molecular weight is 437 g/mol. The molecule has 0 aliphatic heterocycles. The molecule has 0 spiro atoms. The van der Waals surface area contributed by atoms with E-state index in [1.165, 1.54) is 28.4 Å². The summed E-state index contributed by atoms with van der Waals surface area (Å²) in [5.74, 6) is -0.427. The smallest absolute Gasteiger partial charge is 0.263 e. The molecule has 2 aromatic heterocycles. The maximum Gasteiger partial charge on any atom is 0.263 e. The Morgan fingerprint density at radius 3 is 2.83 bits per heavy atom. The minimum absolute atomic E-state index is 0.183. The molecule has 0 fully saturated rings. The molecule has 0 atom stereocenters. The zero-order valence-electron chi connectivity index (χ0n) is 16.0. The summed E-state index contributed by atoms with van der Waals surface area (Å²) in [5, 5.41) is 6.93. The van der Waals surface area contributed by atoms with Crippen LogP contribution in [-0.2, 0) is 11.3 Å². The summed E-state index contributed by atoms with van der Waals surface area (Å²) in [6, 6.07) is 15.0. The SMILES string of the molecule is Cc1ccc(-c2csc3ncn(CC(=O)NN=Cc4cccc(Cl)c4)c(=O)c23)cc1. The van der Waals surface area contributed by atoms with E-state index in [0.717, 1.165) is 22.3 Å². The number of aromatic nitrogens is 2. The van der Waals surface area contributed by atoms with Crippen LogP contribution in [0.1, 0.15) is 11.1 Å². The molecule has 30 heavy (non-hydrogen) atoms. The molecule has 0 saturated heterocycles. The maximum absolute atomic E-state index is 13.0. The van der Waals surface area contributed by atoms with E-state index in [1.807, 2.05) is 42.6 Å². The van der Waals surface area contributed by atoms with Crippen LogP contribution in [-0.4, -0.2) is 21.7 Å². The first-order chi connectivity index (χ1) is 14.5. The number of nitrogens with zero attached hydrogens (tertiary/aromatic N) is 3. The number of amides is 1. The molecule has 0 saturated carbocycles. The van der Waals surface area contributed by atoms with Crippen molar-refractivity contribution in [2.45, 2.75) is 13.5 Å². The van der Waals surface area contributed by atoms with Crippen molar-refractivity contribution >= 4 is 45.3 Å². The van der Waals surface area contributed by atoms with Gasteiger partial charge in [-0.05, 0) is 30.2 Å². The Hall–Kier alpha value is -3.29. The summed E-state index contributed by atoms with van der Waals surface area (Å²) in [6.45, 7) is 1.83. The number of halogens is 1. The summed E-state index contributed by atoms with van der Waals surface area (Å²) in [7, 11) is 0. The van der Waals surface area contributed by atoms with E-state index in [2.05, 4.69) is 15.5 Å². The van der Waals surface area contributed by atoms with E-state index in [4.69, 9.17) is 11.6 Å². The molecule has 0 aliphatic rings. The zero-order valence-corrected chi connectivity index (χ0v) is 17.6. The lowest BCUT2D eigenvalue weighted by Crippen LogP contribution is -2.30. The minimum atomic E-state index is -0.427. The molecule has 0 bridgehead atoms. The number of carbonyl (C=O) groups is 1. The molecule has 2 aromatic carbocycles. The van der Waals surface area contributed by atoms with Gasteiger partial charge in [-0.15, -0.1) is 11.3 Å². The van der Waals surface area contributed by atoms with Crippen molar-refractivity contribution in [2.75, 3.05) is 0 Å². The van der Waals surface area contributed by atoms with Gasteiger partial charge < -0.3 is 0 Å². The summed E-state index contributed by atoms with van der Waals surface area (Å²) in [5.41, 5.74) is 5.83. The Labute approximate surface area is 181 Å². The number of rotatable bonds is 5. The number of hydrogen-bond donors (Lipinski definition) is 1. The molecule has 4 rings (SSSR count). The van der Waals surface area contributed by atoms with Crippen LogP contribution in [0.15, 0.2) is 70.1 Å². The Morgan fingerprint density at radius 1 is 1.27 bits per heavy atom. The highest BCUT2D eigenvalue weighted by Crippen LogP contribution is 2.30. The van der Waals surface area contributed by atoms with Crippen molar-refractivity contribution in [2.24, 2.45) is 5.10 Å². The number of hydrazone groups is 1. The largest absolute Gasteiger partial charge is 0.289 e. The zero-order chi connectivity index (χ0) is 21.1. The molecule has 1 N–H and O–H groups in total. The van der Waals surface area contributed by atoms with Gasteiger partial charge in [0, 0.05) is 16.0 Å². The van der Waals surface area contributed by atoms with Gasteiger partial charge in [0.2, 0.25) is 0 Å². The third kappa shape index (κ3) is 4.32. The molecule has 6 nitrogen and oxygen atoms in total. The third-order valence-corrected chi connectivity index (χ3v) is 5.61. The number of thiophene rings is 1. The van der Waals surface area contributed by atoms with Crippen molar-refractivity contribution < 1.29 is 4.79 Å². The van der Waals surface area contributed by atoms with E-state index in [9.17, 15) is 9.59 Å². The van der Waals surface area contributed by atoms with Gasteiger partial charge in [0.1, 0.15) is 11.4 Å². The van der Waals surface area contributed by atoms with Crippen LogP contribution in [0.4, 0.5) is 0 Å². The lowest BCUT2D eigenvalue weighted by molar-refractivity contribution is -0.121. The molecule has 150 valence electrons. The van der Waals surface area contributed by atoms with Crippen molar-refractivity contribution in [1.29, 1.82) is 0 Å². The fraction of sp³-hybridized carbons (Fsp3) is 0.0909.